The molecule has 0 aliphatic carbocycles. The molecule has 0 aliphatic rings. The number of aromatic amines is 1. The summed E-state index contributed by atoms with van der Waals surface area (Å²) in [6, 6.07) is 5.08. The fraction of sp³-hybridized carbons (Fsp3) is 0.133. The number of aromatic nitrogens is 2. The maximum atomic E-state index is 13.4. The van der Waals surface area contributed by atoms with E-state index < -0.39 is 0 Å². The van der Waals surface area contributed by atoms with Crippen molar-refractivity contribution in [3.05, 3.63) is 52.1 Å². The zero-order valence-electron chi connectivity index (χ0n) is 11.0. The minimum absolute atomic E-state index is 0.213. The van der Waals surface area contributed by atoms with E-state index in [0.717, 1.165) is 36.4 Å². The minimum atomic E-state index is -0.213. The molecule has 0 unspecified atom stereocenters. The summed E-state index contributed by atoms with van der Waals surface area (Å²) in [5, 5.41) is 1.07. The Hall–Kier alpha value is -1.33. The summed E-state index contributed by atoms with van der Waals surface area (Å²) < 4.78 is 14.2. The smallest absolute Gasteiger partial charge is 0.125 e. The fourth-order valence-electron chi connectivity index (χ4n) is 2.21. The number of hydrogen-bond donors (Lipinski definition) is 1. The number of aryl methyl sites for hydroxylation is 2. The van der Waals surface area contributed by atoms with E-state index in [1.165, 1.54) is 6.07 Å². The molecule has 102 valence electrons. The molecule has 0 atom stereocenters. The third kappa shape index (κ3) is 2.47. The first-order valence-electron chi connectivity index (χ1n) is 6.12. The van der Waals surface area contributed by atoms with Crippen LogP contribution in [0.5, 0.6) is 0 Å². The molecule has 0 saturated carbocycles. The predicted molar refractivity (Wildman–Crippen MR) is 83.8 cm³/mol. The number of H-pyrrole nitrogens is 1. The number of pyridine rings is 1. The first-order valence-corrected chi connectivity index (χ1v) is 7.73. The van der Waals surface area contributed by atoms with E-state index in [1.807, 2.05) is 25.4 Å². The van der Waals surface area contributed by atoms with Gasteiger partial charge in [0.05, 0.1) is 0 Å². The van der Waals surface area contributed by atoms with Crippen LogP contribution in [0.15, 0.2) is 45.0 Å². The maximum Gasteiger partial charge on any atom is 0.125 e. The molecule has 2 nitrogen and oxygen atoms in total. The van der Waals surface area contributed by atoms with Gasteiger partial charge in [0, 0.05) is 33.1 Å². The van der Waals surface area contributed by atoms with Crippen molar-refractivity contribution in [2.75, 3.05) is 0 Å². The van der Waals surface area contributed by atoms with Gasteiger partial charge in [-0.3, -0.25) is 0 Å². The van der Waals surface area contributed by atoms with Crippen molar-refractivity contribution < 1.29 is 4.39 Å². The molecule has 0 fully saturated rings. The number of nitrogens with one attached hydrogen (secondary N) is 1. The van der Waals surface area contributed by atoms with Crippen molar-refractivity contribution in [2.45, 2.75) is 23.6 Å². The van der Waals surface area contributed by atoms with E-state index in [0.29, 0.717) is 0 Å². The molecule has 2 aromatic heterocycles. The van der Waals surface area contributed by atoms with Crippen LogP contribution in [0.2, 0.25) is 0 Å². The quantitative estimate of drug-likeness (QED) is 0.640. The number of fused-ring (bicyclic) bond motifs is 1. The third-order valence-corrected chi connectivity index (χ3v) is 4.78. The van der Waals surface area contributed by atoms with Gasteiger partial charge in [-0.1, -0.05) is 11.8 Å². The Bertz CT molecular complexity index is 798. The summed E-state index contributed by atoms with van der Waals surface area (Å²) in [5.74, 6) is -0.213. The van der Waals surface area contributed by atoms with Crippen LogP contribution < -0.4 is 0 Å². The molecular formula is C15H12BrFN2S. The highest BCUT2D eigenvalue weighted by molar-refractivity contribution is 9.10. The summed E-state index contributed by atoms with van der Waals surface area (Å²) >= 11 is 5.01. The van der Waals surface area contributed by atoms with Crippen LogP contribution in [0.25, 0.3) is 10.9 Å². The molecule has 0 bridgehead atoms. The maximum absolute atomic E-state index is 13.4. The monoisotopic (exact) mass is 350 g/mol. The van der Waals surface area contributed by atoms with E-state index in [-0.39, 0.29) is 5.82 Å². The molecule has 0 radical (unpaired) electrons. The van der Waals surface area contributed by atoms with Gasteiger partial charge in [-0.05, 0) is 59.1 Å². The van der Waals surface area contributed by atoms with E-state index in [1.54, 1.807) is 17.8 Å². The Kier molecular flexibility index (Phi) is 3.56. The largest absolute Gasteiger partial charge is 0.360 e. The normalized spacial score (nSPS) is 11.2. The molecule has 0 saturated heterocycles. The molecule has 3 aromatic rings. The minimum Gasteiger partial charge on any atom is -0.360 e. The third-order valence-electron chi connectivity index (χ3n) is 3.15. The van der Waals surface area contributed by atoms with Crippen LogP contribution in [0.3, 0.4) is 0 Å². The van der Waals surface area contributed by atoms with Gasteiger partial charge in [-0.15, -0.1) is 0 Å². The Morgan fingerprint density at radius 1 is 1.15 bits per heavy atom. The van der Waals surface area contributed by atoms with Gasteiger partial charge in [-0.2, -0.15) is 0 Å². The highest BCUT2D eigenvalue weighted by atomic mass is 79.9. The number of halogens is 2. The van der Waals surface area contributed by atoms with Crippen molar-refractivity contribution in [3.63, 3.8) is 0 Å². The van der Waals surface area contributed by atoms with Gasteiger partial charge in [-0.25, -0.2) is 9.37 Å². The Morgan fingerprint density at radius 3 is 2.70 bits per heavy atom. The molecule has 20 heavy (non-hydrogen) atoms. The Labute approximate surface area is 128 Å². The predicted octanol–water partition coefficient (Wildman–Crippen LogP) is 5.23. The highest BCUT2D eigenvalue weighted by Crippen LogP contribution is 2.37. The second kappa shape index (κ2) is 5.22. The molecule has 0 spiro atoms. The number of benzene rings is 1. The fourth-order valence-corrected chi connectivity index (χ4v) is 3.71. The Morgan fingerprint density at radius 2 is 1.95 bits per heavy atom. The van der Waals surface area contributed by atoms with Gasteiger partial charge in [0.2, 0.25) is 0 Å². The summed E-state index contributed by atoms with van der Waals surface area (Å²) in [4.78, 5) is 9.58. The zero-order chi connectivity index (χ0) is 14.3. The highest BCUT2D eigenvalue weighted by Gasteiger charge is 2.11. The second-order valence-corrected chi connectivity index (χ2v) is 6.57. The summed E-state index contributed by atoms with van der Waals surface area (Å²) in [6.45, 7) is 3.98. The topological polar surface area (TPSA) is 28.7 Å². The van der Waals surface area contributed by atoms with Gasteiger partial charge >= 0.3 is 0 Å². The van der Waals surface area contributed by atoms with Crippen molar-refractivity contribution in [1.82, 2.24) is 9.97 Å². The van der Waals surface area contributed by atoms with Gasteiger partial charge < -0.3 is 4.98 Å². The lowest BCUT2D eigenvalue weighted by Gasteiger charge is -2.06. The molecule has 0 aliphatic heterocycles. The van der Waals surface area contributed by atoms with Gasteiger partial charge in [0.1, 0.15) is 10.4 Å². The number of hydrogen-bond acceptors (Lipinski definition) is 2. The van der Waals surface area contributed by atoms with E-state index in [4.69, 9.17) is 0 Å². The molecular weight excluding hydrogens is 339 g/mol. The lowest BCUT2D eigenvalue weighted by atomic mass is 10.1. The molecule has 0 amide bonds. The van der Waals surface area contributed by atoms with Crippen molar-refractivity contribution in [1.29, 1.82) is 0 Å². The molecule has 3 rings (SSSR count). The molecule has 5 heteroatoms. The van der Waals surface area contributed by atoms with Gasteiger partial charge in [0.25, 0.3) is 0 Å². The van der Waals surface area contributed by atoms with E-state index in [9.17, 15) is 4.39 Å². The standard InChI is InChI=1S/C15H12BrFN2S/c1-8-4-14(16)19-6-12(8)20-13-7-18-11-5-10(17)3-9(2)15(11)13/h3-7,18H,1-2H3. The first kappa shape index (κ1) is 13.6. The van der Waals surface area contributed by atoms with Crippen LogP contribution in [0.1, 0.15) is 11.1 Å². The molecule has 2 heterocycles. The van der Waals surface area contributed by atoms with Crippen LogP contribution >= 0.6 is 27.7 Å². The van der Waals surface area contributed by atoms with Crippen LogP contribution in [0, 0.1) is 19.7 Å². The zero-order valence-corrected chi connectivity index (χ0v) is 13.4. The SMILES string of the molecule is Cc1cc(Br)ncc1Sc1c[nH]c2cc(F)cc(C)c12. The van der Waals surface area contributed by atoms with E-state index >= 15 is 0 Å². The number of rotatable bonds is 2. The Balaban J connectivity index is 2.07. The lowest BCUT2D eigenvalue weighted by Crippen LogP contribution is -1.84. The average molecular weight is 351 g/mol. The molecule has 1 N–H and O–H groups in total. The van der Waals surface area contributed by atoms with Crippen LogP contribution in [-0.4, -0.2) is 9.97 Å². The number of nitrogens with zero attached hydrogens (tertiary/aromatic N) is 1. The van der Waals surface area contributed by atoms with E-state index in [2.05, 4.69) is 32.8 Å². The first-order chi connectivity index (χ1) is 9.54. The van der Waals surface area contributed by atoms with Crippen molar-refractivity contribution in [3.8, 4) is 0 Å². The van der Waals surface area contributed by atoms with Crippen molar-refractivity contribution >= 4 is 38.6 Å². The lowest BCUT2D eigenvalue weighted by molar-refractivity contribution is 0.628. The van der Waals surface area contributed by atoms with Gasteiger partial charge in [0.15, 0.2) is 0 Å². The molecule has 1 aromatic carbocycles. The van der Waals surface area contributed by atoms with Crippen molar-refractivity contribution in [2.24, 2.45) is 0 Å². The second-order valence-electron chi connectivity index (χ2n) is 4.67. The van der Waals surface area contributed by atoms with Crippen LogP contribution in [0.4, 0.5) is 4.39 Å². The average Bonchev–Trinajstić information content (AvgIpc) is 2.76. The summed E-state index contributed by atoms with van der Waals surface area (Å²) in [5.41, 5.74) is 2.92. The summed E-state index contributed by atoms with van der Waals surface area (Å²) in [7, 11) is 0. The van der Waals surface area contributed by atoms with Crippen LogP contribution in [-0.2, 0) is 0 Å². The summed E-state index contributed by atoms with van der Waals surface area (Å²) in [6.07, 6.45) is 3.77.